The first-order chi connectivity index (χ1) is 15.3. The first-order valence-electron chi connectivity index (χ1n) is 9.40. The molecule has 1 atom stereocenters. The summed E-state index contributed by atoms with van der Waals surface area (Å²) in [4.78, 5) is 29.1. The number of carboxylic acids is 1. The minimum atomic E-state index is -4.60. The molecule has 0 aliphatic rings. The number of alkyl halides is 3. The molecule has 1 unspecified atom stereocenters. The van der Waals surface area contributed by atoms with Gasteiger partial charge in [-0.05, 0) is 35.9 Å². The Kier molecular flexibility index (Phi) is 5.67. The number of rotatable bonds is 4. The number of hydrogen-bond acceptors (Lipinski definition) is 3. The molecule has 0 bridgehead atoms. The van der Waals surface area contributed by atoms with Crippen LogP contribution in [0.2, 0.25) is 0 Å². The van der Waals surface area contributed by atoms with Gasteiger partial charge in [0.1, 0.15) is 0 Å². The molecule has 4 aromatic rings. The molecular formula is C23H15F3N2O3S. The van der Waals surface area contributed by atoms with Crippen molar-refractivity contribution in [3.05, 3.63) is 100 Å². The van der Waals surface area contributed by atoms with Crippen molar-refractivity contribution in [3.8, 4) is 0 Å². The van der Waals surface area contributed by atoms with Crippen LogP contribution in [0.4, 0.5) is 13.2 Å². The van der Waals surface area contributed by atoms with E-state index in [9.17, 15) is 27.9 Å². The highest BCUT2D eigenvalue weighted by Crippen LogP contribution is 2.30. The van der Waals surface area contributed by atoms with Crippen molar-refractivity contribution >= 4 is 33.4 Å². The molecule has 0 saturated carbocycles. The normalized spacial score (nSPS) is 13.3. The van der Waals surface area contributed by atoms with Gasteiger partial charge in [0.2, 0.25) is 0 Å². The van der Waals surface area contributed by atoms with Crippen LogP contribution in [0.25, 0.3) is 10.2 Å². The molecule has 1 aromatic heterocycles. The summed E-state index contributed by atoms with van der Waals surface area (Å²) in [5, 5.41) is 9.99. The van der Waals surface area contributed by atoms with E-state index in [4.69, 9.17) is 0 Å². The fourth-order valence-electron chi connectivity index (χ4n) is 3.34. The second-order valence-electron chi connectivity index (χ2n) is 6.87. The van der Waals surface area contributed by atoms with Gasteiger partial charge in [-0.1, -0.05) is 59.9 Å². The molecular weight excluding hydrogens is 441 g/mol. The number of carboxylic acid groups (broad SMARTS) is 1. The van der Waals surface area contributed by atoms with Crippen molar-refractivity contribution < 1.29 is 27.9 Å². The minimum Gasteiger partial charge on any atom is -0.479 e. The quantitative estimate of drug-likeness (QED) is 0.462. The summed E-state index contributed by atoms with van der Waals surface area (Å²) in [7, 11) is 0. The summed E-state index contributed by atoms with van der Waals surface area (Å²) in [6, 6.07) is 18.2. The van der Waals surface area contributed by atoms with E-state index in [1.54, 1.807) is 54.6 Å². The van der Waals surface area contributed by atoms with Crippen LogP contribution >= 0.6 is 11.3 Å². The Labute approximate surface area is 183 Å². The predicted octanol–water partition coefficient (Wildman–Crippen LogP) is 5.14. The highest BCUT2D eigenvalue weighted by atomic mass is 32.1. The van der Waals surface area contributed by atoms with Crippen LogP contribution in [0.3, 0.4) is 0 Å². The maximum atomic E-state index is 13.0. The number of thiazole rings is 1. The molecule has 0 spiro atoms. The number of hydrogen-bond donors (Lipinski definition) is 1. The molecule has 1 heterocycles. The fraction of sp³-hybridized carbons (Fsp3) is 0.0870. The van der Waals surface area contributed by atoms with Crippen LogP contribution in [0.15, 0.2) is 83.9 Å². The van der Waals surface area contributed by atoms with E-state index < -0.39 is 29.7 Å². The third-order valence-corrected chi connectivity index (χ3v) is 5.81. The van der Waals surface area contributed by atoms with Crippen LogP contribution < -0.4 is 4.80 Å². The van der Waals surface area contributed by atoms with Crippen LogP contribution in [-0.2, 0) is 11.0 Å². The van der Waals surface area contributed by atoms with Gasteiger partial charge in [0.25, 0.3) is 5.91 Å². The lowest BCUT2D eigenvalue weighted by atomic mass is 10.1. The van der Waals surface area contributed by atoms with E-state index in [0.29, 0.717) is 15.8 Å². The van der Waals surface area contributed by atoms with E-state index in [2.05, 4.69) is 4.99 Å². The summed E-state index contributed by atoms with van der Waals surface area (Å²) in [5.74, 6) is -2.05. The van der Waals surface area contributed by atoms with E-state index in [-0.39, 0.29) is 10.4 Å². The summed E-state index contributed by atoms with van der Waals surface area (Å²) in [6.45, 7) is 0. The van der Waals surface area contributed by atoms with Crippen LogP contribution in [-0.4, -0.2) is 21.6 Å². The molecule has 32 heavy (non-hydrogen) atoms. The Hall–Kier alpha value is -3.72. The number of para-hydroxylation sites is 1. The van der Waals surface area contributed by atoms with E-state index in [0.717, 1.165) is 29.5 Å². The van der Waals surface area contributed by atoms with Crippen molar-refractivity contribution in [1.82, 2.24) is 4.57 Å². The van der Waals surface area contributed by atoms with Crippen LogP contribution in [0.5, 0.6) is 0 Å². The van der Waals surface area contributed by atoms with Gasteiger partial charge in [0.05, 0.1) is 15.8 Å². The first kappa shape index (κ1) is 21.5. The number of amides is 1. The average Bonchev–Trinajstić information content (AvgIpc) is 3.11. The molecule has 0 radical (unpaired) electrons. The monoisotopic (exact) mass is 456 g/mol. The molecule has 1 amide bonds. The Morgan fingerprint density at radius 1 is 0.938 bits per heavy atom. The number of aromatic nitrogens is 1. The van der Waals surface area contributed by atoms with Crippen molar-refractivity contribution in [1.29, 1.82) is 0 Å². The maximum Gasteiger partial charge on any atom is 0.416 e. The van der Waals surface area contributed by atoms with Gasteiger partial charge in [-0.25, -0.2) is 4.79 Å². The molecule has 0 aliphatic heterocycles. The first-order valence-corrected chi connectivity index (χ1v) is 10.2. The largest absolute Gasteiger partial charge is 0.479 e. The summed E-state index contributed by atoms with van der Waals surface area (Å²) in [5.41, 5.74) is -0.188. The topological polar surface area (TPSA) is 71.7 Å². The molecule has 162 valence electrons. The van der Waals surface area contributed by atoms with E-state index >= 15 is 0 Å². The summed E-state index contributed by atoms with van der Waals surface area (Å²) >= 11 is 1.09. The van der Waals surface area contributed by atoms with Gasteiger partial charge in [0.15, 0.2) is 10.8 Å². The number of benzene rings is 3. The number of carbonyl (C=O) groups excluding carboxylic acids is 1. The average molecular weight is 456 g/mol. The standard InChI is InChI=1S/C23H15F3N2O3S/c24-23(25,26)16-10-6-9-15(13-16)20(29)27-22-28(17-11-4-5-12-18(17)32-22)19(21(30)31)14-7-2-1-3-8-14/h1-13,19H,(H,30,31). The van der Waals surface area contributed by atoms with Crippen molar-refractivity contribution in [2.24, 2.45) is 4.99 Å². The van der Waals surface area contributed by atoms with Gasteiger partial charge in [-0.3, -0.25) is 9.36 Å². The zero-order valence-electron chi connectivity index (χ0n) is 16.3. The van der Waals surface area contributed by atoms with Crippen LogP contribution in [0, 0.1) is 0 Å². The minimum absolute atomic E-state index is 0.0739. The zero-order chi connectivity index (χ0) is 22.9. The number of fused-ring (bicyclic) bond motifs is 1. The Bertz CT molecular complexity index is 1370. The molecule has 9 heteroatoms. The number of nitrogens with zero attached hydrogens (tertiary/aromatic N) is 2. The highest BCUT2D eigenvalue weighted by molar-refractivity contribution is 7.16. The number of halogens is 3. The molecule has 0 saturated heterocycles. The second-order valence-corrected chi connectivity index (χ2v) is 7.88. The Balaban J connectivity index is 1.91. The number of carbonyl (C=O) groups is 2. The van der Waals surface area contributed by atoms with E-state index in [1.165, 1.54) is 10.6 Å². The van der Waals surface area contributed by atoms with E-state index in [1.807, 2.05) is 0 Å². The van der Waals surface area contributed by atoms with Gasteiger partial charge < -0.3 is 5.11 Å². The Morgan fingerprint density at radius 3 is 2.31 bits per heavy atom. The smallest absolute Gasteiger partial charge is 0.416 e. The molecule has 0 fully saturated rings. The lowest BCUT2D eigenvalue weighted by Crippen LogP contribution is -2.28. The van der Waals surface area contributed by atoms with Gasteiger partial charge >= 0.3 is 12.1 Å². The Morgan fingerprint density at radius 2 is 1.62 bits per heavy atom. The molecule has 0 aliphatic carbocycles. The van der Waals surface area contributed by atoms with Crippen molar-refractivity contribution in [2.75, 3.05) is 0 Å². The van der Waals surface area contributed by atoms with Crippen molar-refractivity contribution in [2.45, 2.75) is 12.2 Å². The van der Waals surface area contributed by atoms with Gasteiger partial charge in [0, 0.05) is 5.56 Å². The SMILES string of the molecule is O=C(N=c1sc2ccccc2n1C(C(=O)O)c1ccccc1)c1cccc(C(F)(F)F)c1. The lowest BCUT2D eigenvalue weighted by Gasteiger charge is -2.16. The molecule has 1 N–H and O–H groups in total. The number of aliphatic carboxylic acids is 1. The maximum absolute atomic E-state index is 13.0. The second kappa shape index (κ2) is 8.43. The van der Waals surface area contributed by atoms with Gasteiger partial charge in [-0.15, -0.1) is 0 Å². The third kappa shape index (κ3) is 4.19. The summed E-state index contributed by atoms with van der Waals surface area (Å²) in [6.07, 6.45) is -4.60. The molecule has 5 nitrogen and oxygen atoms in total. The zero-order valence-corrected chi connectivity index (χ0v) is 17.1. The highest BCUT2D eigenvalue weighted by Gasteiger charge is 2.31. The third-order valence-electron chi connectivity index (χ3n) is 4.77. The summed E-state index contributed by atoms with van der Waals surface area (Å²) < 4.78 is 41.2. The molecule has 3 aromatic carbocycles. The lowest BCUT2D eigenvalue weighted by molar-refractivity contribution is -0.139. The molecule has 4 rings (SSSR count). The van der Waals surface area contributed by atoms with Gasteiger partial charge in [-0.2, -0.15) is 18.2 Å². The fourth-order valence-corrected chi connectivity index (χ4v) is 4.38. The van der Waals surface area contributed by atoms with Crippen LogP contribution in [0.1, 0.15) is 27.5 Å². The van der Waals surface area contributed by atoms with Crippen molar-refractivity contribution in [3.63, 3.8) is 0 Å². The predicted molar refractivity (Wildman–Crippen MR) is 113 cm³/mol.